The van der Waals surface area contributed by atoms with Crippen molar-refractivity contribution in [2.45, 2.75) is 27.7 Å². The Labute approximate surface area is 253 Å². The first kappa shape index (κ1) is 25.6. The molecule has 0 amide bonds. The van der Waals surface area contributed by atoms with E-state index in [-0.39, 0.29) is 0 Å². The minimum atomic E-state index is 1.17. The van der Waals surface area contributed by atoms with Crippen LogP contribution >= 0.6 is 0 Å². The van der Waals surface area contributed by atoms with Gasteiger partial charge >= 0.3 is 0 Å². The summed E-state index contributed by atoms with van der Waals surface area (Å²) in [7, 11) is 2.15. The summed E-state index contributed by atoms with van der Waals surface area (Å²) in [4.78, 5) is 0. The third kappa shape index (κ3) is 3.64. The van der Waals surface area contributed by atoms with Gasteiger partial charge in [-0.3, -0.25) is 0 Å². The van der Waals surface area contributed by atoms with Crippen LogP contribution in [0.15, 0.2) is 109 Å². The fourth-order valence-electron chi connectivity index (χ4n) is 7.47. The first-order valence-corrected chi connectivity index (χ1v) is 15.0. The Hall–Kier alpha value is -5.15. The molecular weight excluding hydrogens is 522 g/mol. The zero-order chi connectivity index (χ0) is 29.4. The summed E-state index contributed by atoms with van der Waals surface area (Å²) in [5.74, 6) is 0. The van der Waals surface area contributed by atoms with Gasteiger partial charge in [-0.25, -0.2) is 4.57 Å². The topological polar surface area (TPSA) is 11.6 Å². The van der Waals surface area contributed by atoms with Crippen LogP contribution in [0.3, 0.4) is 0 Å². The highest BCUT2D eigenvalue weighted by atomic mass is 15.1. The predicted molar refractivity (Wildman–Crippen MR) is 173 cm³/mol. The van der Waals surface area contributed by atoms with Crippen LogP contribution in [0.4, 0.5) is 0 Å². The molecule has 3 aromatic heterocycles. The predicted octanol–water partition coefficient (Wildman–Crippen LogP) is 7.65. The maximum Gasteiger partial charge on any atom is 0.240 e. The smallest absolute Gasteiger partial charge is 0.201 e. The number of aromatic nitrogens is 3. The lowest BCUT2D eigenvalue weighted by atomic mass is 9.89. The van der Waals surface area contributed by atoms with Crippen LogP contribution in [0.2, 0.25) is 0 Å². The van der Waals surface area contributed by atoms with E-state index >= 15 is 0 Å². The maximum atomic E-state index is 2.61. The van der Waals surface area contributed by atoms with Gasteiger partial charge in [0.2, 0.25) is 34.2 Å². The van der Waals surface area contributed by atoms with Crippen molar-refractivity contribution in [3.8, 4) is 50.7 Å². The van der Waals surface area contributed by atoms with E-state index in [4.69, 9.17) is 0 Å². The fraction of sp³-hybridized carbons (Fsp3) is 0.125. The summed E-state index contributed by atoms with van der Waals surface area (Å²) in [6.45, 7) is 9.08. The van der Waals surface area contributed by atoms with Gasteiger partial charge in [0.25, 0.3) is 0 Å². The molecule has 3 aromatic carbocycles. The monoisotopic (exact) mass is 556 g/mol. The van der Waals surface area contributed by atoms with Crippen molar-refractivity contribution < 1.29 is 13.7 Å². The largest absolute Gasteiger partial charge is 0.240 e. The second kappa shape index (κ2) is 9.43. The van der Waals surface area contributed by atoms with Crippen LogP contribution < -0.4 is 13.7 Å². The van der Waals surface area contributed by atoms with E-state index in [1.54, 1.807) is 0 Å². The average Bonchev–Trinajstić information content (AvgIpc) is 3.07. The Balaban J connectivity index is 1.77. The number of rotatable bonds is 1. The van der Waals surface area contributed by atoms with Crippen LogP contribution in [0.25, 0.3) is 62.5 Å². The molecule has 3 nitrogen and oxygen atoms in total. The summed E-state index contributed by atoms with van der Waals surface area (Å²) in [5.41, 5.74) is 19.7. The highest BCUT2D eigenvalue weighted by Crippen LogP contribution is 2.44. The first-order valence-electron chi connectivity index (χ1n) is 15.0. The number of aryl methyl sites for hydroxylation is 5. The van der Waals surface area contributed by atoms with Crippen molar-refractivity contribution in [1.29, 1.82) is 0 Å². The molecule has 0 aliphatic carbocycles. The van der Waals surface area contributed by atoms with Gasteiger partial charge in [0.1, 0.15) is 18.2 Å². The van der Waals surface area contributed by atoms with Crippen molar-refractivity contribution >= 4 is 11.8 Å². The normalized spacial score (nSPS) is 12.4. The van der Waals surface area contributed by atoms with Gasteiger partial charge in [-0.2, -0.15) is 9.13 Å². The van der Waals surface area contributed by atoms with Gasteiger partial charge < -0.3 is 0 Å². The third-order valence-corrected chi connectivity index (χ3v) is 9.20. The summed E-state index contributed by atoms with van der Waals surface area (Å²) < 4.78 is 7.27. The molecule has 206 valence electrons. The van der Waals surface area contributed by atoms with E-state index in [0.717, 1.165) is 0 Å². The molecule has 0 saturated heterocycles. The van der Waals surface area contributed by atoms with E-state index in [2.05, 4.69) is 164 Å². The number of nitrogens with zero attached hydrogens (tertiary/aromatic N) is 3. The number of hydrogen-bond acceptors (Lipinski definition) is 0. The maximum absolute atomic E-state index is 2.61. The molecule has 6 aromatic rings. The summed E-state index contributed by atoms with van der Waals surface area (Å²) in [6.07, 6.45) is 6.77. The zero-order valence-electron chi connectivity index (χ0n) is 25.3. The van der Waals surface area contributed by atoms with E-state index in [9.17, 15) is 0 Å². The van der Waals surface area contributed by atoms with Crippen molar-refractivity contribution in [1.82, 2.24) is 0 Å². The van der Waals surface area contributed by atoms with Crippen molar-refractivity contribution in [2.24, 2.45) is 7.05 Å². The average molecular weight is 557 g/mol. The van der Waals surface area contributed by atoms with Gasteiger partial charge in [-0.05, 0) is 80.8 Å². The molecule has 4 bridgehead atoms. The Morgan fingerprint density at radius 2 is 1.07 bits per heavy atom. The molecule has 0 spiro atoms. The molecule has 0 N–H and O–H groups in total. The Morgan fingerprint density at radius 1 is 0.512 bits per heavy atom. The molecule has 3 heteroatoms. The molecule has 5 heterocycles. The van der Waals surface area contributed by atoms with Crippen LogP contribution in [-0.4, -0.2) is 0 Å². The lowest BCUT2D eigenvalue weighted by Gasteiger charge is -2.20. The minimum Gasteiger partial charge on any atom is -0.201 e. The molecule has 0 radical (unpaired) electrons. The quantitative estimate of drug-likeness (QED) is 0.184. The molecule has 2 aliphatic rings. The second-order valence-corrected chi connectivity index (χ2v) is 12.0. The number of pyridine rings is 3. The molecule has 43 heavy (non-hydrogen) atoms. The standard InChI is InChI=1S/C40H34N3/c1-25-22-26(2)37-34-19-11-13-21-42(34)35-24-29-14-6-7-15-30(29)38-27(3)23-28(4)39(32-17-9-8-16-31(32)35)43(38)40(37)36(25)33-18-10-12-20-41(33)5/h6-24H,1-5H3/q+3. The Kier molecular flexibility index (Phi) is 5.61. The van der Waals surface area contributed by atoms with Crippen molar-refractivity contribution in [2.75, 3.05) is 0 Å². The van der Waals surface area contributed by atoms with Gasteiger partial charge in [-0.15, -0.1) is 0 Å². The molecule has 0 atom stereocenters. The van der Waals surface area contributed by atoms with Gasteiger partial charge in [0, 0.05) is 41.5 Å². The molecule has 2 aliphatic heterocycles. The van der Waals surface area contributed by atoms with Crippen LogP contribution in [0.5, 0.6) is 0 Å². The zero-order valence-corrected chi connectivity index (χ0v) is 25.3. The van der Waals surface area contributed by atoms with Crippen LogP contribution in [-0.2, 0) is 7.05 Å². The molecule has 0 unspecified atom stereocenters. The second-order valence-electron chi connectivity index (χ2n) is 12.0. The molecule has 8 rings (SSSR count). The van der Waals surface area contributed by atoms with E-state index in [1.165, 1.54) is 89.8 Å². The molecule has 0 fully saturated rings. The van der Waals surface area contributed by atoms with Gasteiger partial charge in [-0.1, -0.05) is 36.4 Å². The highest BCUT2D eigenvalue weighted by molar-refractivity contribution is 5.93. The van der Waals surface area contributed by atoms with Crippen molar-refractivity contribution in [3.05, 3.63) is 143 Å². The van der Waals surface area contributed by atoms with Crippen LogP contribution in [0, 0.1) is 27.7 Å². The highest BCUT2D eigenvalue weighted by Gasteiger charge is 2.42. The third-order valence-electron chi connectivity index (χ3n) is 9.20. The molecule has 0 saturated carbocycles. The Morgan fingerprint density at radius 3 is 1.81 bits per heavy atom. The SMILES string of the molecule is Cc1cc(C)c2c(c1-c1cccc[n+]1C)-[n+]1c3c(C)cc(C)c1-c1ccccc1C(=Cc1ccccc1-3)[n+]1ccccc1-2. The summed E-state index contributed by atoms with van der Waals surface area (Å²) >= 11 is 0. The number of benzene rings is 3. The lowest BCUT2D eigenvalue weighted by Crippen LogP contribution is -2.42. The summed E-state index contributed by atoms with van der Waals surface area (Å²) in [6, 6.07) is 35.7. The summed E-state index contributed by atoms with van der Waals surface area (Å²) in [5, 5.41) is 0. The van der Waals surface area contributed by atoms with Gasteiger partial charge in [0.15, 0.2) is 12.4 Å². The van der Waals surface area contributed by atoms with E-state index < -0.39 is 0 Å². The number of fused-ring (bicyclic) bond motifs is 6. The molecular formula is C40H34N3+3. The van der Waals surface area contributed by atoms with E-state index in [1.807, 2.05) is 0 Å². The minimum absolute atomic E-state index is 1.17. The first-order chi connectivity index (χ1) is 20.9. The number of hydrogen-bond donors (Lipinski definition) is 0. The van der Waals surface area contributed by atoms with E-state index in [0.29, 0.717) is 0 Å². The van der Waals surface area contributed by atoms with Gasteiger partial charge in [0.05, 0.1) is 16.7 Å². The lowest BCUT2D eigenvalue weighted by molar-refractivity contribution is -0.661. The van der Waals surface area contributed by atoms with Crippen molar-refractivity contribution in [3.63, 3.8) is 0 Å². The van der Waals surface area contributed by atoms with Crippen LogP contribution in [0.1, 0.15) is 33.4 Å². The Bertz CT molecular complexity index is 2180. The fourth-order valence-corrected chi connectivity index (χ4v) is 7.47.